The molecule has 0 bridgehead atoms. The largest absolute Gasteiger partial charge is 0.416 e. The Morgan fingerprint density at radius 1 is 1.03 bits per heavy atom. The first kappa shape index (κ1) is 25.2. The van der Waals surface area contributed by atoms with Gasteiger partial charge in [0.25, 0.3) is 0 Å². The van der Waals surface area contributed by atoms with E-state index in [2.05, 4.69) is 10.6 Å². The summed E-state index contributed by atoms with van der Waals surface area (Å²) in [5.41, 5.74) is -0.833. The fourth-order valence-electron chi connectivity index (χ4n) is 3.57. The molecule has 1 aliphatic rings. The molecule has 0 unspecified atom stereocenters. The van der Waals surface area contributed by atoms with Crippen molar-refractivity contribution < 1.29 is 31.2 Å². The van der Waals surface area contributed by atoms with Gasteiger partial charge in [-0.2, -0.15) is 22.7 Å². The van der Waals surface area contributed by atoms with E-state index in [9.17, 15) is 31.2 Å². The number of anilines is 2. The smallest absolute Gasteiger partial charge is 0.325 e. The molecule has 0 spiro atoms. The van der Waals surface area contributed by atoms with Crippen molar-refractivity contribution in [2.45, 2.75) is 30.8 Å². The van der Waals surface area contributed by atoms with Crippen LogP contribution in [0.4, 0.5) is 24.5 Å². The molecule has 0 saturated carbocycles. The molecule has 2 N–H and O–H groups in total. The minimum atomic E-state index is -4.64. The molecule has 2 amide bonds. The zero-order chi connectivity index (χ0) is 25.1. The van der Waals surface area contributed by atoms with Gasteiger partial charge in [-0.3, -0.25) is 9.59 Å². The molecule has 2 aromatic carbocycles. The van der Waals surface area contributed by atoms with Crippen molar-refractivity contribution in [2.75, 3.05) is 23.7 Å². The van der Waals surface area contributed by atoms with E-state index in [1.54, 1.807) is 0 Å². The molecular formula is C22H21F3N4O4S. The maximum absolute atomic E-state index is 13.1. The van der Waals surface area contributed by atoms with E-state index < -0.39 is 39.5 Å². The van der Waals surface area contributed by atoms with Crippen LogP contribution in [-0.4, -0.2) is 37.6 Å². The number of hydrogen-bond acceptors (Lipinski definition) is 5. The number of nitrogens with zero attached hydrogens (tertiary/aromatic N) is 2. The van der Waals surface area contributed by atoms with E-state index >= 15 is 0 Å². The number of hydrogen-bond donors (Lipinski definition) is 2. The van der Waals surface area contributed by atoms with Gasteiger partial charge in [0.1, 0.15) is 0 Å². The number of carbonyl (C=O) groups is 2. The third kappa shape index (κ3) is 5.73. The predicted molar refractivity (Wildman–Crippen MR) is 117 cm³/mol. The summed E-state index contributed by atoms with van der Waals surface area (Å²) >= 11 is 0. The number of sulfonamides is 1. The van der Waals surface area contributed by atoms with Crippen LogP contribution in [0.1, 0.15) is 30.9 Å². The molecule has 34 heavy (non-hydrogen) atoms. The van der Waals surface area contributed by atoms with Crippen LogP contribution in [0.15, 0.2) is 47.4 Å². The molecule has 180 valence electrons. The molecule has 2 aromatic rings. The van der Waals surface area contributed by atoms with Gasteiger partial charge >= 0.3 is 6.18 Å². The first-order valence-corrected chi connectivity index (χ1v) is 11.7. The number of nitrogens with one attached hydrogen (secondary N) is 2. The molecular weight excluding hydrogens is 473 g/mol. The molecule has 0 radical (unpaired) electrons. The van der Waals surface area contributed by atoms with E-state index in [0.29, 0.717) is 5.56 Å². The SMILES string of the molecule is CC(=O)Nc1ccc(C(F)(F)F)cc1NC(=O)C1CCN(S(=O)(=O)c2ccc(C#N)cc2)CC1. The molecule has 0 aliphatic carbocycles. The highest BCUT2D eigenvalue weighted by Gasteiger charge is 2.34. The van der Waals surface area contributed by atoms with Crippen molar-refractivity contribution >= 4 is 33.2 Å². The lowest BCUT2D eigenvalue weighted by atomic mass is 9.97. The molecule has 8 nitrogen and oxygen atoms in total. The van der Waals surface area contributed by atoms with Gasteiger partial charge in [0, 0.05) is 25.9 Å². The van der Waals surface area contributed by atoms with E-state index in [1.165, 1.54) is 35.5 Å². The summed E-state index contributed by atoms with van der Waals surface area (Å²) in [6, 6.07) is 9.99. The Labute approximate surface area is 194 Å². The van der Waals surface area contributed by atoms with Crippen LogP contribution in [0.2, 0.25) is 0 Å². The molecule has 3 rings (SSSR count). The zero-order valence-electron chi connectivity index (χ0n) is 18.0. The summed E-state index contributed by atoms with van der Waals surface area (Å²) in [6.45, 7) is 1.27. The Morgan fingerprint density at radius 2 is 1.65 bits per heavy atom. The summed E-state index contributed by atoms with van der Waals surface area (Å²) in [4.78, 5) is 24.2. The molecule has 1 heterocycles. The molecule has 12 heteroatoms. The molecule has 0 atom stereocenters. The maximum atomic E-state index is 13.1. The molecule has 1 saturated heterocycles. The predicted octanol–water partition coefficient (Wildman–Crippen LogP) is 3.57. The lowest BCUT2D eigenvalue weighted by Gasteiger charge is -2.30. The van der Waals surface area contributed by atoms with Crippen molar-refractivity contribution in [1.82, 2.24) is 4.31 Å². The second kappa shape index (κ2) is 9.82. The Kier molecular flexibility index (Phi) is 7.28. The Balaban J connectivity index is 1.71. The number of rotatable bonds is 5. The number of piperidine rings is 1. The van der Waals surface area contributed by atoms with E-state index in [4.69, 9.17) is 5.26 Å². The van der Waals surface area contributed by atoms with Crippen LogP contribution >= 0.6 is 0 Å². The number of halogens is 3. The second-order valence-electron chi connectivity index (χ2n) is 7.74. The second-order valence-corrected chi connectivity index (χ2v) is 9.68. The summed E-state index contributed by atoms with van der Waals surface area (Å²) in [5.74, 6) is -1.72. The van der Waals surface area contributed by atoms with Gasteiger partial charge in [-0.25, -0.2) is 8.42 Å². The average molecular weight is 494 g/mol. The van der Waals surface area contributed by atoms with E-state index in [0.717, 1.165) is 18.2 Å². The number of amides is 2. The Bertz CT molecular complexity index is 1230. The quantitative estimate of drug-likeness (QED) is 0.659. The van der Waals surface area contributed by atoms with Crippen LogP contribution in [-0.2, 0) is 25.8 Å². The molecule has 1 aliphatic heterocycles. The number of alkyl halides is 3. The highest BCUT2D eigenvalue weighted by molar-refractivity contribution is 7.89. The van der Waals surface area contributed by atoms with Crippen molar-refractivity contribution in [3.63, 3.8) is 0 Å². The van der Waals surface area contributed by atoms with Gasteiger partial charge in [-0.05, 0) is 55.3 Å². The fourth-order valence-corrected chi connectivity index (χ4v) is 5.04. The highest BCUT2D eigenvalue weighted by Crippen LogP contribution is 2.35. The minimum Gasteiger partial charge on any atom is -0.325 e. The van der Waals surface area contributed by atoms with Crippen molar-refractivity contribution in [1.29, 1.82) is 5.26 Å². The number of nitriles is 1. The highest BCUT2D eigenvalue weighted by atomic mass is 32.2. The number of carbonyl (C=O) groups excluding carboxylic acids is 2. The third-order valence-electron chi connectivity index (χ3n) is 5.36. The zero-order valence-corrected chi connectivity index (χ0v) is 18.8. The Morgan fingerprint density at radius 3 is 2.18 bits per heavy atom. The first-order chi connectivity index (χ1) is 15.9. The van der Waals surface area contributed by atoms with Gasteiger partial charge in [-0.1, -0.05) is 0 Å². The van der Waals surface area contributed by atoms with Crippen molar-refractivity contribution in [2.24, 2.45) is 5.92 Å². The van der Waals surface area contributed by atoms with Gasteiger partial charge in [-0.15, -0.1) is 0 Å². The van der Waals surface area contributed by atoms with E-state index in [1.807, 2.05) is 6.07 Å². The first-order valence-electron chi connectivity index (χ1n) is 10.2. The van der Waals surface area contributed by atoms with Crippen molar-refractivity contribution in [3.8, 4) is 6.07 Å². The normalized spacial score (nSPS) is 15.4. The van der Waals surface area contributed by atoms with Crippen LogP contribution in [0.3, 0.4) is 0 Å². The maximum Gasteiger partial charge on any atom is 0.416 e. The van der Waals surface area contributed by atoms with Gasteiger partial charge in [0.15, 0.2) is 0 Å². The average Bonchev–Trinajstić information content (AvgIpc) is 2.79. The van der Waals surface area contributed by atoms with Gasteiger partial charge < -0.3 is 10.6 Å². The van der Waals surface area contributed by atoms with Gasteiger partial charge in [0.2, 0.25) is 21.8 Å². The van der Waals surface area contributed by atoms with Crippen LogP contribution < -0.4 is 10.6 Å². The van der Waals surface area contributed by atoms with Crippen LogP contribution in [0, 0.1) is 17.2 Å². The van der Waals surface area contributed by atoms with Crippen LogP contribution in [0.5, 0.6) is 0 Å². The Hall–Kier alpha value is -3.43. The summed E-state index contributed by atoms with van der Waals surface area (Å²) in [6.07, 6.45) is -4.31. The standard InChI is InChI=1S/C22H21F3N4O4S/c1-14(30)27-19-7-4-17(22(23,24)25)12-20(19)28-21(31)16-8-10-29(11-9-16)34(32,33)18-5-2-15(13-26)3-6-18/h2-7,12,16H,8-11H2,1H3,(H,27,30)(H,28,31). The monoisotopic (exact) mass is 494 g/mol. The molecule has 0 aromatic heterocycles. The lowest BCUT2D eigenvalue weighted by Crippen LogP contribution is -2.41. The third-order valence-corrected chi connectivity index (χ3v) is 7.27. The fraction of sp³-hybridized carbons (Fsp3) is 0.318. The summed E-state index contributed by atoms with van der Waals surface area (Å²) in [5, 5.41) is 13.7. The van der Waals surface area contributed by atoms with Crippen molar-refractivity contribution in [3.05, 3.63) is 53.6 Å². The minimum absolute atomic E-state index is 0.0229. The van der Waals surface area contributed by atoms with Crippen LogP contribution in [0.25, 0.3) is 0 Å². The van der Waals surface area contributed by atoms with Gasteiger partial charge in [0.05, 0.1) is 33.5 Å². The summed E-state index contributed by atoms with van der Waals surface area (Å²) < 4.78 is 66.2. The van der Waals surface area contributed by atoms with E-state index in [-0.39, 0.29) is 42.2 Å². The number of benzene rings is 2. The topological polar surface area (TPSA) is 119 Å². The summed E-state index contributed by atoms with van der Waals surface area (Å²) in [7, 11) is -3.82. The lowest BCUT2D eigenvalue weighted by molar-refractivity contribution is -0.137. The molecule has 1 fully saturated rings.